The van der Waals surface area contributed by atoms with Gasteiger partial charge in [0.1, 0.15) is 0 Å². The maximum atomic E-state index is 4.71. The second kappa shape index (κ2) is 8.57. The summed E-state index contributed by atoms with van der Waals surface area (Å²) >= 11 is 0. The molecule has 144 valence electrons. The van der Waals surface area contributed by atoms with E-state index >= 15 is 0 Å². The van der Waals surface area contributed by atoms with E-state index < -0.39 is 0 Å². The van der Waals surface area contributed by atoms with Gasteiger partial charge in [-0.2, -0.15) is 0 Å². The van der Waals surface area contributed by atoms with E-state index in [9.17, 15) is 0 Å². The summed E-state index contributed by atoms with van der Waals surface area (Å²) in [6.45, 7) is 8.13. The highest BCUT2D eigenvalue weighted by atomic mass is 15.2. The number of rotatable bonds is 6. The Morgan fingerprint density at radius 3 is 2.75 bits per heavy atom. The molecule has 2 atom stereocenters. The van der Waals surface area contributed by atoms with Gasteiger partial charge in [-0.05, 0) is 44.0 Å². The summed E-state index contributed by atoms with van der Waals surface area (Å²) in [5, 5.41) is 5.10. The maximum Gasteiger partial charge on any atom is 0.0725 e. The van der Waals surface area contributed by atoms with Crippen LogP contribution in [0.5, 0.6) is 0 Å². The first-order valence-corrected chi connectivity index (χ1v) is 10.3. The van der Waals surface area contributed by atoms with Gasteiger partial charge in [-0.15, -0.1) is 6.58 Å². The summed E-state index contributed by atoms with van der Waals surface area (Å²) in [5.74, 6) is 0. The van der Waals surface area contributed by atoms with Gasteiger partial charge in [0.05, 0.1) is 11.6 Å². The third kappa shape index (κ3) is 3.95. The minimum Gasteiger partial charge on any atom is -0.376 e. The van der Waals surface area contributed by atoms with Crippen molar-refractivity contribution in [3.63, 3.8) is 0 Å². The van der Waals surface area contributed by atoms with Crippen molar-refractivity contribution in [3.8, 4) is 0 Å². The lowest BCUT2D eigenvalue weighted by atomic mass is 9.90. The molecule has 0 radical (unpaired) electrons. The largest absolute Gasteiger partial charge is 0.376 e. The monoisotopic (exact) mass is 371 g/mol. The Hall–Kier alpha value is -2.65. The van der Waals surface area contributed by atoms with Crippen molar-refractivity contribution < 1.29 is 0 Å². The molecule has 28 heavy (non-hydrogen) atoms. The number of fused-ring (bicyclic) bond motifs is 1. The molecule has 0 aliphatic carbocycles. The van der Waals surface area contributed by atoms with Crippen LogP contribution < -0.4 is 5.32 Å². The van der Waals surface area contributed by atoms with E-state index in [1.807, 2.05) is 6.08 Å². The number of hydrogen-bond donors (Lipinski definition) is 1. The Balaban J connectivity index is 1.76. The van der Waals surface area contributed by atoms with Crippen LogP contribution in [0, 0.1) is 6.92 Å². The van der Waals surface area contributed by atoms with Crippen LogP contribution in [0.3, 0.4) is 0 Å². The molecule has 3 heteroatoms. The molecular weight excluding hydrogens is 342 g/mol. The fourth-order valence-corrected chi connectivity index (χ4v) is 4.44. The number of benzene rings is 2. The quantitative estimate of drug-likeness (QED) is 0.560. The van der Waals surface area contributed by atoms with E-state index in [4.69, 9.17) is 4.98 Å². The van der Waals surface area contributed by atoms with E-state index in [1.54, 1.807) is 0 Å². The fourth-order valence-electron chi connectivity index (χ4n) is 4.44. The third-order valence-electron chi connectivity index (χ3n) is 5.73. The fraction of sp³-hybridized carbons (Fsp3) is 0.320. The number of likely N-dealkylation sites (tertiary alicyclic amines) is 1. The van der Waals surface area contributed by atoms with Gasteiger partial charge < -0.3 is 5.32 Å². The van der Waals surface area contributed by atoms with Crippen LogP contribution in [0.2, 0.25) is 0 Å². The van der Waals surface area contributed by atoms with Gasteiger partial charge in [-0.1, -0.05) is 61.0 Å². The summed E-state index contributed by atoms with van der Waals surface area (Å²) < 4.78 is 0. The Kier molecular flexibility index (Phi) is 5.73. The summed E-state index contributed by atoms with van der Waals surface area (Å²) in [5.41, 5.74) is 4.59. The number of pyridine rings is 1. The van der Waals surface area contributed by atoms with Gasteiger partial charge >= 0.3 is 0 Å². The number of piperidine rings is 1. The van der Waals surface area contributed by atoms with Crippen LogP contribution in [0.4, 0.5) is 5.69 Å². The van der Waals surface area contributed by atoms with Gasteiger partial charge in [-0.3, -0.25) is 9.88 Å². The molecule has 0 bridgehead atoms. The molecule has 0 saturated carbocycles. The van der Waals surface area contributed by atoms with Crippen molar-refractivity contribution in [2.45, 2.75) is 38.3 Å². The molecule has 3 aromatic rings. The molecule has 4 rings (SSSR count). The van der Waals surface area contributed by atoms with Crippen molar-refractivity contribution in [2.24, 2.45) is 0 Å². The van der Waals surface area contributed by atoms with Crippen molar-refractivity contribution in [1.29, 1.82) is 0 Å². The van der Waals surface area contributed by atoms with Gasteiger partial charge in [0, 0.05) is 29.4 Å². The number of nitrogens with one attached hydrogen (secondary N) is 1. The van der Waals surface area contributed by atoms with Gasteiger partial charge in [-0.25, -0.2) is 0 Å². The Bertz CT molecular complexity index is 935. The maximum absolute atomic E-state index is 4.71. The van der Waals surface area contributed by atoms with E-state index in [2.05, 4.69) is 84.4 Å². The lowest BCUT2D eigenvalue weighted by molar-refractivity contribution is 0.147. The molecule has 3 nitrogen and oxygen atoms in total. The van der Waals surface area contributed by atoms with Crippen LogP contribution in [0.1, 0.15) is 36.6 Å². The second-order valence-corrected chi connectivity index (χ2v) is 7.71. The summed E-state index contributed by atoms with van der Waals surface area (Å²) in [7, 11) is 0. The number of aromatic nitrogens is 1. The Labute approximate surface area is 168 Å². The molecule has 0 spiro atoms. The van der Waals surface area contributed by atoms with E-state index in [-0.39, 0.29) is 6.04 Å². The number of hydrogen-bond acceptors (Lipinski definition) is 3. The van der Waals surface area contributed by atoms with Gasteiger partial charge in [0.15, 0.2) is 0 Å². The molecule has 0 amide bonds. The average Bonchev–Trinajstić information content (AvgIpc) is 2.73. The van der Waals surface area contributed by atoms with Crippen molar-refractivity contribution in [3.05, 3.63) is 84.6 Å². The van der Waals surface area contributed by atoms with Gasteiger partial charge in [0.25, 0.3) is 0 Å². The van der Waals surface area contributed by atoms with Crippen LogP contribution in [-0.4, -0.2) is 29.0 Å². The lowest BCUT2D eigenvalue weighted by Crippen LogP contribution is -2.45. The van der Waals surface area contributed by atoms with E-state index in [1.165, 1.54) is 35.9 Å². The van der Waals surface area contributed by atoms with Crippen molar-refractivity contribution in [1.82, 2.24) is 9.88 Å². The van der Waals surface area contributed by atoms with Crippen LogP contribution >= 0.6 is 0 Å². The van der Waals surface area contributed by atoms with Crippen molar-refractivity contribution in [2.75, 3.05) is 18.4 Å². The molecule has 1 saturated heterocycles. The summed E-state index contributed by atoms with van der Waals surface area (Å²) in [6.07, 6.45) is 5.78. The zero-order chi connectivity index (χ0) is 19.3. The zero-order valence-electron chi connectivity index (χ0n) is 16.6. The van der Waals surface area contributed by atoms with E-state index in [0.29, 0.717) is 6.04 Å². The van der Waals surface area contributed by atoms with E-state index in [0.717, 1.165) is 24.3 Å². The molecule has 1 aliphatic rings. The highest BCUT2D eigenvalue weighted by Gasteiger charge is 2.30. The average molecular weight is 372 g/mol. The second-order valence-electron chi connectivity index (χ2n) is 7.71. The minimum atomic E-state index is 0.228. The minimum absolute atomic E-state index is 0.228. The number of aryl methyl sites for hydroxylation is 1. The van der Waals surface area contributed by atoms with Crippen LogP contribution in [0.15, 0.2) is 73.3 Å². The normalized spacial score (nSPS) is 18.7. The molecule has 2 heterocycles. The molecule has 1 aliphatic heterocycles. The number of nitrogens with zero attached hydrogens (tertiary/aromatic N) is 2. The predicted octanol–water partition coefficient (Wildman–Crippen LogP) is 5.74. The Morgan fingerprint density at radius 1 is 1.14 bits per heavy atom. The molecule has 1 N–H and O–H groups in total. The predicted molar refractivity (Wildman–Crippen MR) is 119 cm³/mol. The first kappa shape index (κ1) is 18.7. The Morgan fingerprint density at radius 2 is 1.93 bits per heavy atom. The first-order valence-electron chi connectivity index (χ1n) is 10.3. The van der Waals surface area contributed by atoms with Crippen LogP contribution in [0.25, 0.3) is 10.9 Å². The first-order chi connectivity index (χ1) is 13.8. The molecule has 1 aromatic heterocycles. The molecule has 2 aromatic carbocycles. The molecule has 1 fully saturated rings. The molecular formula is C25H29N3. The smallest absolute Gasteiger partial charge is 0.0725 e. The highest BCUT2D eigenvalue weighted by Crippen LogP contribution is 2.34. The number of anilines is 1. The topological polar surface area (TPSA) is 28.2 Å². The summed E-state index contributed by atoms with van der Waals surface area (Å²) in [4.78, 5) is 7.29. The lowest BCUT2D eigenvalue weighted by Gasteiger charge is -2.41. The van der Waals surface area contributed by atoms with Crippen molar-refractivity contribution >= 4 is 16.6 Å². The summed E-state index contributed by atoms with van der Waals surface area (Å²) in [6, 6.07) is 22.1. The highest BCUT2D eigenvalue weighted by molar-refractivity contribution is 5.91. The zero-order valence-corrected chi connectivity index (χ0v) is 16.6. The SMILES string of the molecule is C=CCN1CCCCC1C(Nc1cc(C)nc2ccccc12)c1ccccc1. The third-order valence-corrected chi connectivity index (χ3v) is 5.73. The van der Waals surface area contributed by atoms with Gasteiger partial charge in [0.2, 0.25) is 0 Å². The van der Waals surface area contributed by atoms with Crippen LogP contribution in [-0.2, 0) is 0 Å². The number of para-hydroxylation sites is 1. The molecule has 2 unspecified atom stereocenters. The standard InChI is InChI=1S/C25H29N3/c1-3-16-28-17-10-9-15-24(28)25(20-11-5-4-6-12-20)27-23-18-19(2)26-22-14-8-7-13-21(22)23/h3-8,11-14,18,24-25H,1,9-10,15-17H2,2H3,(H,26,27).